The molecule has 0 aliphatic carbocycles. The highest BCUT2D eigenvalue weighted by atomic mass is 32.2. The third-order valence-corrected chi connectivity index (χ3v) is 7.29. The fourth-order valence-electron chi connectivity index (χ4n) is 4.03. The summed E-state index contributed by atoms with van der Waals surface area (Å²) in [5.74, 6) is -1.10. The molecule has 0 fully saturated rings. The Kier molecular flexibility index (Phi) is 6.37. The number of nitrogens with zero attached hydrogens (tertiary/aromatic N) is 3. The van der Waals surface area contributed by atoms with Crippen LogP contribution in [0.5, 0.6) is 5.75 Å². The highest BCUT2D eigenvalue weighted by Gasteiger charge is 2.20. The fraction of sp³-hybridized carbons (Fsp3) is 0.0741. The van der Waals surface area contributed by atoms with Crippen LogP contribution in [0.15, 0.2) is 88.8 Å². The van der Waals surface area contributed by atoms with Crippen molar-refractivity contribution < 1.29 is 21.9 Å². The molecule has 0 saturated heterocycles. The van der Waals surface area contributed by atoms with Gasteiger partial charge in [-0.3, -0.25) is 9.36 Å². The van der Waals surface area contributed by atoms with Gasteiger partial charge in [0.2, 0.25) is 5.95 Å². The van der Waals surface area contributed by atoms with Crippen LogP contribution in [0.1, 0.15) is 5.56 Å². The monoisotopic (exact) mass is 534 g/mol. The minimum atomic E-state index is -4.03. The van der Waals surface area contributed by atoms with Gasteiger partial charge >= 0.3 is 0 Å². The lowest BCUT2D eigenvalue weighted by molar-refractivity contribution is 0.412. The van der Waals surface area contributed by atoms with Gasteiger partial charge in [-0.25, -0.2) is 31.9 Å². The lowest BCUT2D eigenvalue weighted by Crippen LogP contribution is -2.19. The molecule has 5 aromatic rings. The number of sulfonamides is 1. The van der Waals surface area contributed by atoms with Crippen LogP contribution in [0.3, 0.4) is 0 Å². The number of rotatable bonds is 6. The van der Waals surface area contributed by atoms with Gasteiger partial charge in [0.1, 0.15) is 17.4 Å². The van der Waals surface area contributed by atoms with Gasteiger partial charge in [0.15, 0.2) is 0 Å². The number of nitrogens with one attached hydrogen (secondary N) is 1. The zero-order valence-electron chi connectivity index (χ0n) is 20.1. The molecule has 0 unspecified atom stereocenters. The number of hydrogen-bond acceptors (Lipinski definition) is 6. The zero-order chi connectivity index (χ0) is 27.0. The molecule has 0 atom stereocenters. The van der Waals surface area contributed by atoms with Crippen LogP contribution in [0.4, 0.5) is 14.7 Å². The van der Waals surface area contributed by atoms with Crippen molar-refractivity contribution in [2.24, 2.45) is 0 Å². The Morgan fingerprint density at radius 1 is 0.921 bits per heavy atom. The van der Waals surface area contributed by atoms with Crippen molar-refractivity contribution in [3.05, 3.63) is 107 Å². The van der Waals surface area contributed by atoms with Crippen LogP contribution in [0.2, 0.25) is 0 Å². The second-order valence-electron chi connectivity index (χ2n) is 8.37. The van der Waals surface area contributed by atoms with E-state index in [0.717, 1.165) is 6.07 Å². The van der Waals surface area contributed by atoms with Gasteiger partial charge in [-0.05, 0) is 60.5 Å². The van der Waals surface area contributed by atoms with E-state index in [9.17, 15) is 17.6 Å². The summed E-state index contributed by atoms with van der Waals surface area (Å²) in [6.07, 6.45) is 2.80. The predicted molar refractivity (Wildman–Crippen MR) is 139 cm³/mol. The zero-order valence-corrected chi connectivity index (χ0v) is 21.0. The molecule has 0 aliphatic heterocycles. The lowest BCUT2D eigenvalue weighted by atomic mass is 10.0. The van der Waals surface area contributed by atoms with Crippen molar-refractivity contribution in [3.8, 4) is 22.6 Å². The SMILES string of the molecule is COc1cc(-c2ccc(C)c(F)c2)c(F)cc1-n1c(=O)ccc2cc(S(=O)(=O)Nc3ncccn3)ccc21. The summed E-state index contributed by atoms with van der Waals surface area (Å²) in [7, 11) is -2.66. The predicted octanol–water partition coefficient (Wildman–Crippen LogP) is 4.84. The quantitative estimate of drug-likeness (QED) is 0.334. The maximum Gasteiger partial charge on any atom is 0.264 e. The number of methoxy groups -OCH3 is 1. The van der Waals surface area contributed by atoms with Gasteiger partial charge in [-0.15, -0.1) is 0 Å². The van der Waals surface area contributed by atoms with Crippen LogP contribution < -0.4 is 15.0 Å². The number of aryl methyl sites for hydroxylation is 1. The number of pyridine rings is 1. The number of benzene rings is 3. The van der Waals surface area contributed by atoms with Crippen LogP contribution in [0.25, 0.3) is 27.7 Å². The Hall–Kier alpha value is -4.64. The topological polar surface area (TPSA) is 103 Å². The lowest BCUT2D eigenvalue weighted by Gasteiger charge is -2.17. The van der Waals surface area contributed by atoms with E-state index in [1.165, 1.54) is 66.5 Å². The third kappa shape index (κ3) is 4.59. The molecular formula is C27H20F2N4O4S. The Labute approximate surface area is 216 Å². The number of hydrogen-bond donors (Lipinski definition) is 1. The Bertz CT molecular complexity index is 1860. The van der Waals surface area contributed by atoms with Gasteiger partial charge in [0.25, 0.3) is 15.6 Å². The second-order valence-corrected chi connectivity index (χ2v) is 10.1. The summed E-state index contributed by atoms with van der Waals surface area (Å²) >= 11 is 0. The molecule has 3 aromatic carbocycles. The maximum absolute atomic E-state index is 15.3. The van der Waals surface area contributed by atoms with E-state index >= 15 is 4.39 Å². The van der Waals surface area contributed by atoms with E-state index in [1.54, 1.807) is 25.1 Å². The molecule has 0 bridgehead atoms. The first-order valence-electron chi connectivity index (χ1n) is 11.3. The Morgan fingerprint density at radius 2 is 1.68 bits per heavy atom. The molecule has 11 heteroatoms. The average molecular weight is 535 g/mol. The van der Waals surface area contributed by atoms with Gasteiger partial charge in [-0.1, -0.05) is 12.1 Å². The molecular weight excluding hydrogens is 514 g/mol. The number of halogens is 2. The molecule has 0 saturated carbocycles. The number of anilines is 1. The summed E-state index contributed by atoms with van der Waals surface area (Å²) in [4.78, 5) is 20.6. The van der Waals surface area contributed by atoms with Crippen LogP contribution in [0, 0.1) is 18.6 Å². The van der Waals surface area contributed by atoms with Gasteiger partial charge < -0.3 is 4.74 Å². The van der Waals surface area contributed by atoms with E-state index in [0.29, 0.717) is 22.0 Å². The first-order valence-corrected chi connectivity index (χ1v) is 12.8. The number of ether oxygens (including phenoxy) is 1. The average Bonchev–Trinajstić information content (AvgIpc) is 2.90. The van der Waals surface area contributed by atoms with E-state index in [4.69, 9.17) is 4.74 Å². The fourth-order valence-corrected chi connectivity index (χ4v) is 5.03. The van der Waals surface area contributed by atoms with Crippen molar-refractivity contribution in [1.29, 1.82) is 0 Å². The summed E-state index contributed by atoms with van der Waals surface area (Å²) in [6, 6.07) is 15.3. The van der Waals surface area contributed by atoms with Crippen LogP contribution in [-0.2, 0) is 10.0 Å². The molecule has 0 spiro atoms. The summed E-state index contributed by atoms with van der Waals surface area (Å²) in [6.45, 7) is 1.61. The molecule has 2 heterocycles. The van der Waals surface area contributed by atoms with Crippen LogP contribution in [-0.4, -0.2) is 30.1 Å². The first-order chi connectivity index (χ1) is 18.2. The molecule has 0 amide bonds. The number of fused-ring (bicyclic) bond motifs is 1. The second kappa shape index (κ2) is 9.67. The molecule has 1 N–H and O–H groups in total. The summed E-state index contributed by atoms with van der Waals surface area (Å²) in [5.41, 5.74) is 0.761. The van der Waals surface area contributed by atoms with E-state index in [-0.39, 0.29) is 27.8 Å². The highest BCUT2D eigenvalue weighted by Crippen LogP contribution is 2.34. The largest absolute Gasteiger partial charge is 0.495 e. The normalized spacial score (nSPS) is 11.5. The standard InChI is InChI=1S/C27H20F2N4O4S/c1-16-4-5-17(13-21(16)28)20-14-25(37-2)24(15-22(20)29)33-23-8-7-19(12-18(23)6-9-26(33)34)38(35,36)32-27-30-10-3-11-31-27/h3-15H,1-2H3,(H,30,31,32). The summed E-state index contributed by atoms with van der Waals surface area (Å²) < 4.78 is 64.2. The van der Waals surface area contributed by atoms with Crippen molar-refractivity contribution in [3.63, 3.8) is 0 Å². The molecule has 5 rings (SSSR count). The van der Waals surface area contributed by atoms with Crippen LogP contribution >= 0.6 is 0 Å². The van der Waals surface area contributed by atoms with Gasteiger partial charge in [0.05, 0.1) is 23.2 Å². The van der Waals surface area contributed by atoms with E-state index in [1.807, 2.05) is 0 Å². The molecule has 8 nitrogen and oxygen atoms in total. The number of aromatic nitrogens is 3. The van der Waals surface area contributed by atoms with Gasteiger partial charge in [-0.2, -0.15) is 0 Å². The molecule has 0 aliphatic rings. The smallest absolute Gasteiger partial charge is 0.264 e. The Morgan fingerprint density at radius 3 is 2.39 bits per heavy atom. The first kappa shape index (κ1) is 25.0. The maximum atomic E-state index is 15.3. The third-order valence-electron chi connectivity index (χ3n) is 5.96. The summed E-state index contributed by atoms with van der Waals surface area (Å²) in [5, 5.41) is 0.397. The molecule has 192 valence electrons. The molecule has 38 heavy (non-hydrogen) atoms. The van der Waals surface area contributed by atoms with E-state index in [2.05, 4.69) is 14.7 Å². The van der Waals surface area contributed by atoms with Crippen molar-refractivity contribution in [1.82, 2.24) is 14.5 Å². The van der Waals surface area contributed by atoms with Crippen molar-refractivity contribution >= 4 is 26.9 Å². The highest BCUT2D eigenvalue weighted by molar-refractivity contribution is 7.92. The minimum Gasteiger partial charge on any atom is -0.495 e. The minimum absolute atomic E-state index is 0.0856. The van der Waals surface area contributed by atoms with Crippen molar-refractivity contribution in [2.45, 2.75) is 11.8 Å². The molecule has 2 aromatic heterocycles. The van der Waals surface area contributed by atoms with Crippen molar-refractivity contribution in [2.75, 3.05) is 11.8 Å². The van der Waals surface area contributed by atoms with Gasteiger partial charge in [0, 0.05) is 35.5 Å². The van der Waals surface area contributed by atoms with E-state index < -0.39 is 27.2 Å². The Balaban J connectivity index is 1.63. The molecule has 0 radical (unpaired) electrons.